The van der Waals surface area contributed by atoms with Crippen LogP contribution in [0.15, 0.2) is 23.4 Å². The average molecular weight is 144 g/mol. The van der Waals surface area contributed by atoms with Crippen LogP contribution in [0.3, 0.4) is 0 Å². The highest BCUT2D eigenvalue weighted by atomic mass is 35.5. The SMILES string of the molecule is CCC1C=CC(Cl)=CN1. The van der Waals surface area contributed by atoms with Gasteiger partial charge in [-0.25, -0.2) is 0 Å². The number of allylic oxidation sites excluding steroid dienone is 2. The monoisotopic (exact) mass is 143 g/mol. The highest BCUT2D eigenvalue weighted by molar-refractivity contribution is 6.31. The van der Waals surface area contributed by atoms with Gasteiger partial charge in [0.15, 0.2) is 0 Å². The smallest absolute Gasteiger partial charge is 0.0560 e. The van der Waals surface area contributed by atoms with Crippen molar-refractivity contribution in [1.82, 2.24) is 5.32 Å². The maximum absolute atomic E-state index is 5.65. The van der Waals surface area contributed by atoms with Gasteiger partial charge in [0, 0.05) is 12.2 Å². The predicted octanol–water partition coefficient (Wildman–Crippen LogP) is 2.00. The van der Waals surface area contributed by atoms with Gasteiger partial charge in [0.05, 0.1) is 5.03 Å². The Morgan fingerprint density at radius 1 is 1.78 bits per heavy atom. The van der Waals surface area contributed by atoms with E-state index in [1.165, 1.54) is 0 Å². The lowest BCUT2D eigenvalue weighted by Crippen LogP contribution is -2.22. The third kappa shape index (κ3) is 1.75. The lowest BCUT2D eigenvalue weighted by Gasteiger charge is -2.13. The molecule has 0 aromatic rings. The van der Waals surface area contributed by atoms with Crippen LogP contribution in [0.25, 0.3) is 0 Å². The summed E-state index contributed by atoms with van der Waals surface area (Å²) in [5.41, 5.74) is 0. The molecule has 1 unspecified atom stereocenters. The largest absolute Gasteiger partial charge is 0.384 e. The molecule has 0 aromatic carbocycles. The van der Waals surface area contributed by atoms with Crippen molar-refractivity contribution in [3.63, 3.8) is 0 Å². The molecule has 0 saturated carbocycles. The molecule has 1 nitrogen and oxygen atoms in total. The first-order chi connectivity index (χ1) is 4.33. The molecule has 0 aromatic heterocycles. The van der Waals surface area contributed by atoms with Gasteiger partial charge in [-0.1, -0.05) is 24.6 Å². The molecule has 2 heteroatoms. The minimum atomic E-state index is 0.479. The number of hydrogen-bond acceptors (Lipinski definition) is 1. The van der Waals surface area contributed by atoms with E-state index in [0.717, 1.165) is 11.5 Å². The zero-order valence-electron chi connectivity index (χ0n) is 5.39. The van der Waals surface area contributed by atoms with E-state index < -0.39 is 0 Å². The third-order valence-corrected chi connectivity index (χ3v) is 1.60. The van der Waals surface area contributed by atoms with Crippen molar-refractivity contribution in [1.29, 1.82) is 0 Å². The number of rotatable bonds is 1. The van der Waals surface area contributed by atoms with Gasteiger partial charge < -0.3 is 5.32 Å². The predicted molar refractivity (Wildman–Crippen MR) is 40.3 cm³/mol. The Morgan fingerprint density at radius 3 is 3.00 bits per heavy atom. The Hall–Kier alpha value is -0.430. The maximum Gasteiger partial charge on any atom is 0.0560 e. The summed E-state index contributed by atoms with van der Waals surface area (Å²) in [6, 6.07) is 0.479. The standard InChI is InChI=1S/C7H10ClN/c1-2-7-4-3-6(8)5-9-7/h3-5,7,9H,2H2,1H3. The van der Waals surface area contributed by atoms with Crippen molar-refractivity contribution in [2.75, 3.05) is 0 Å². The molecule has 50 valence electrons. The van der Waals surface area contributed by atoms with Crippen molar-refractivity contribution in [2.24, 2.45) is 0 Å². The number of dihydropyridines is 1. The summed E-state index contributed by atoms with van der Waals surface area (Å²) in [5, 5.41) is 3.92. The summed E-state index contributed by atoms with van der Waals surface area (Å²) in [6.07, 6.45) is 6.93. The molecule has 0 saturated heterocycles. The Labute approximate surface area is 60.4 Å². The zero-order valence-corrected chi connectivity index (χ0v) is 6.15. The quantitative estimate of drug-likeness (QED) is 0.592. The van der Waals surface area contributed by atoms with Crippen LogP contribution in [0.4, 0.5) is 0 Å². The lowest BCUT2D eigenvalue weighted by molar-refractivity contribution is 0.669. The molecule has 0 spiro atoms. The molecule has 1 aliphatic heterocycles. The van der Waals surface area contributed by atoms with Crippen molar-refractivity contribution < 1.29 is 0 Å². The normalized spacial score (nSPS) is 25.1. The van der Waals surface area contributed by atoms with Crippen LogP contribution in [-0.4, -0.2) is 6.04 Å². The molecule has 1 atom stereocenters. The van der Waals surface area contributed by atoms with Gasteiger partial charge in [0.2, 0.25) is 0 Å². The van der Waals surface area contributed by atoms with Crippen molar-refractivity contribution in [3.8, 4) is 0 Å². The molecule has 0 aliphatic carbocycles. The second-order valence-corrected chi connectivity index (χ2v) is 2.51. The summed E-state index contributed by atoms with van der Waals surface area (Å²) >= 11 is 5.65. The number of hydrogen-bond donors (Lipinski definition) is 1. The second-order valence-electron chi connectivity index (χ2n) is 2.07. The van der Waals surface area contributed by atoms with Gasteiger partial charge in [-0.3, -0.25) is 0 Å². The zero-order chi connectivity index (χ0) is 6.69. The maximum atomic E-state index is 5.65. The van der Waals surface area contributed by atoms with Crippen molar-refractivity contribution in [3.05, 3.63) is 23.4 Å². The molecule has 1 rings (SSSR count). The minimum absolute atomic E-state index is 0.479. The highest BCUT2D eigenvalue weighted by Crippen LogP contribution is 2.08. The summed E-state index contributed by atoms with van der Waals surface area (Å²) in [6.45, 7) is 2.13. The molecular formula is C7H10ClN. The van der Waals surface area contributed by atoms with Crippen LogP contribution in [0.1, 0.15) is 13.3 Å². The van der Waals surface area contributed by atoms with Gasteiger partial charge in [-0.2, -0.15) is 0 Å². The molecule has 0 amide bonds. The molecule has 1 heterocycles. The van der Waals surface area contributed by atoms with Crippen LogP contribution in [-0.2, 0) is 0 Å². The van der Waals surface area contributed by atoms with Crippen LogP contribution < -0.4 is 5.32 Å². The average Bonchev–Trinajstić information content (AvgIpc) is 1.90. The highest BCUT2D eigenvalue weighted by Gasteiger charge is 2.01. The second kappa shape index (κ2) is 2.92. The molecule has 0 radical (unpaired) electrons. The summed E-state index contributed by atoms with van der Waals surface area (Å²) in [5.74, 6) is 0. The number of nitrogens with one attached hydrogen (secondary N) is 1. The Balaban J connectivity index is 2.48. The first kappa shape index (κ1) is 6.69. The molecule has 1 aliphatic rings. The van der Waals surface area contributed by atoms with Gasteiger partial charge >= 0.3 is 0 Å². The topological polar surface area (TPSA) is 12.0 Å². The van der Waals surface area contributed by atoms with Crippen LogP contribution in [0.2, 0.25) is 0 Å². The first-order valence-corrected chi connectivity index (χ1v) is 3.50. The van der Waals surface area contributed by atoms with Crippen LogP contribution >= 0.6 is 11.6 Å². The molecule has 0 bridgehead atoms. The van der Waals surface area contributed by atoms with E-state index in [-0.39, 0.29) is 0 Å². The third-order valence-electron chi connectivity index (χ3n) is 1.36. The van der Waals surface area contributed by atoms with Crippen LogP contribution in [0, 0.1) is 0 Å². The van der Waals surface area contributed by atoms with Gasteiger partial charge in [-0.15, -0.1) is 0 Å². The first-order valence-electron chi connectivity index (χ1n) is 3.13. The lowest BCUT2D eigenvalue weighted by atomic mass is 10.2. The molecule has 0 fully saturated rings. The fourth-order valence-electron chi connectivity index (χ4n) is 0.752. The van der Waals surface area contributed by atoms with E-state index in [1.807, 2.05) is 12.3 Å². The minimum Gasteiger partial charge on any atom is -0.384 e. The fraction of sp³-hybridized carbons (Fsp3) is 0.429. The van der Waals surface area contributed by atoms with Crippen molar-refractivity contribution in [2.45, 2.75) is 19.4 Å². The van der Waals surface area contributed by atoms with E-state index >= 15 is 0 Å². The van der Waals surface area contributed by atoms with E-state index in [2.05, 4.69) is 18.3 Å². The molecular weight excluding hydrogens is 134 g/mol. The van der Waals surface area contributed by atoms with E-state index in [4.69, 9.17) is 11.6 Å². The molecule has 9 heavy (non-hydrogen) atoms. The van der Waals surface area contributed by atoms with Gasteiger partial charge in [0.25, 0.3) is 0 Å². The van der Waals surface area contributed by atoms with Crippen molar-refractivity contribution >= 4 is 11.6 Å². The van der Waals surface area contributed by atoms with E-state index in [0.29, 0.717) is 6.04 Å². The summed E-state index contributed by atoms with van der Waals surface area (Å²) < 4.78 is 0. The van der Waals surface area contributed by atoms with Crippen LogP contribution in [0.5, 0.6) is 0 Å². The Kier molecular flexibility index (Phi) is 2.17. The number of halogens is 1. The Bertz CT molecular complexity index is 149. The van der Waals surface area contributed by atoms with E-state index in [9.17, 15) is 0 Å². The van der Waals surface area contributed by atoms with E-state index in [1.54, 1.807) is 0 Å². The summed E-state index contributed by atoms with van der Waals surface area (Å²) in [4.78, 5) is 0. The van der Waals surface area contributed by atoms with Gasteiger partial charge in [0.1, 0.15) is 0 Å². The van der Waals surface area contributed by atoms with Gasteiger partial charge in [-0.05, 0) is 12.5 Å². The molecule has 1 N–H and O–H groups in total. The Morgan fingerprint density at radius 2 is 2.56 bits per heavy atom. The fourth-order valence-corrected chi connectivity index (χ4v) is 0.888. The summed E-state index contributed by atoms with van der Waals surface area (Å²) in [7, 11) is 0.